The first kappa shape index (κ1) is 65.1. The van der Waals surface area contributed by atoms with Crippen molar-refractivity contribution in [2.45, 2.75) is 328 Å². The van der Waals surface area contributed by atoms with Crippen LogP contribution >= 0.6 is 0 Å². The van der Waals surface area contributed by atoms with Crippen LogP contribution in [0.5, 0.6) is 0 Å². The quantitative estimate of drug-likeness (QED) is 0.0321. The number of carbonyl (C=O) groups excluding carboxylic acids is 2. The molecule has 0 fully saturated rings. The first-order valence-corrected chi connectivity index (χ1v) is 29.8. The maximum Gasteiger partial charge on any atom is 0.305 e. The van der Waals surface area contributed by atoms with Crippen LogP contribution in [0, 0.1) is 0 Å². The molecule has 0 aliphatic carbocycles. The molecule has 0 rings (SSSR count). The summed E-state index contributed by atoms with van der Waals surface area (Å²) in [5, 5.41) is 23.1. The Morgan fingerprint density at radius 1 is 0.403 bits per heavy atom. The van der Waals surface area contributed by atoms with Crippen molar-refractivity contribution in [1.82, 2.24) is 5.32 Å². The Labute approximate surface area is 417 Å². The number of rotatable bonds is 55. The molecule has 0 spiro atoms. The highest BCUT2D eigenvalue weighted by Crippen LogP contribution is 2.16. The molecule has 0 aliphatic rings. The minimum atomic E-state index is -0.856. The van der Waals surface area contributed by atoms with Crippen LogP contribution in [0.3, 0.4) is 0 Å². The maximum absolute atomic E-state index is 12.5. The lowest BCUT2D eigenvalue weighted by atomic mass is 10.0. The first-order chi connectivity index (χ1) is 33.0. The van der Waals surface area contributed by atoms with Gasteiger partial charge in [-0.3, -0.25) is 9.59 Å². The fraction of sp³-hybridized carbons (Fsp3) is 0.869. The number of carbonyl (C=O) groups is 2. The summed E-state index contributed by atoms with van der Waals surface area (Å²) in [4.78, 5) is 24.5. The third-order valence-electron chi connectivity index (χ3n) is 13.6. The summed E-state index contributed by atoms with van der Waals surface area (Å²) in [6.45, 7) is 4.89. The molecule has 394 valence electrons. The molecule has 0 aromatic heterocycles. The molecule has 0 aromatic rings. The van der Waals surface area contributed by atoms with Gasteiger partial charge in [-0.15, -0.1) is 0 Å². The van der Waals surface area contributed by atoms with E-state index in [0.29, 0.717) is 19.4 Å². The lowest BCUT2D eigenvalue weighted by Gasteiger charge is -2.20. The summed E-state index contributed by atoms with van der Waals surface area (Å²) in [5.41, 5.74) is 0. The number of hydrogen-bond donors (Lipinski definition) is 3. The molecular formula is C61H115NO5. The van der Waals surface area contributed by atoms with Gasteiger partial charge in [0.2, 0.25) is 5.91 Å². The van der Waals surface area contributed by atoms with Crippen molar-refractivity contribution in [2.24, 2.45) is 0 Å². The van der Waals surface area contributed by atoms with Gasteiger partial charge in [0.25, 0.3) is 0 Å². The number of allylic oxidation sites excluding steroid dienone is 5. The van der Waals surface area contributed by atoms with E-state index < -0.39 is 12.1 Å². The Kier molecular flexibility index (Phi) is 55.0. The molecule has 67 heavy (non-hydrogen) atoms. The number of aliphatic hydroxyl groups is 2. The Morgan fingerprint density at radius 3 is 1.06 bits per heavy atom. The van der Waals surface area contributed by atoms with Crippen LogP contribution in [0.2, 0.25) is 0 Å². The van der Waals surface area contributed by atoms with E-state index in [2.05, 4.69) is 43.5 Å². The van der Waals surface area contributed by atoms with Crippen molar-refractivity contribution < 1.29 is 24.5 Å². The van der Waals surface area contributed by atoms with Crippen molar-refractivity contribution in [1.29, 1.82) is 0 Å². The zero-order chi connectivity index (χ0) is 48.6. The highest BCUT2D eigenvalue weighted by molar-refractivity contribution is 5.76. The molecule has 2 atom stereocenters. The van der Waals surface area contributed by atoms with Gasteiger partial charge in [0.15, 0.2) is 0 Å². The van der Waals surface area contributed by atoms with Crippen LogP contribution in [-0.2, 0) is 14.3 Å². The van der Waals surface area contributed by atoms with Gasteiger partial charge in [0, 0.05) is 12.8 Å². The van der Waals surface area contributed by atoms with E-state index in [1.54, 1.807) is 6.08 Å². The van der Waals surface area contributed by atoms with E-state index in [0.717, 1.165) is 64.2 Å². The minimum Gasteiger partial charge on any atom is -0.466 e. The van der Waals surface area contributed by atoms with Gasteiger partial charge in [0.1, 0.15) is 0 Å². The van der Waals surface area contributed by atoms with Crippen LogP contribution in [0.15, 0.2) is 36.5 Å². The Hall–Kier alpha value is -1.92. The maximum atomic E-state index is 12.5. The van der Waals surface area contributed by atoms with Crippen LogP contribution in [0.1, 0.15) is 316 Å². The van der Waals surface area contributed by atoms with Crippen molar-refractivity contribution in [3.63, 3.8) is 0 Å². The predicted molar refractivity (Wildman–Crippen MR) is 292 cm³/mol. The third kappa shape index (κ3) is 53.3. The summed E-state index contributed by atoms with van der Waals surface area (Å²) in [7, 11) is 0. The van der Waals surface area contributed by atoms with Crippen LogP contribution in [-0.4, -0.2) is 47.4 Å². The van der Waals surface area contributed by atoms with Crippen LogP contribution in [0.25, 0.3) is 0 Å². The smallest absolute Gasteiger partial charge is 0.305 e. The normalized spacial score (nSPS) is 12.8. The first-order valence-electron chi connectivity index (χ1n) is 29.8. The summed E-state index contributed by atoms with van der Waals surface area (Å²) in [6.07, 6.45) is 70.2. The number of aliphatic hydroxyl groups excluding tert-OH is 2. The van der Waals surface area contributed by atoms with Crippen LogP contribution < -0.4 is 5.32 Å². The molecule has 6 nitrogen and oxygen atoms in total. The molecule has 0 saturated carbocycles. The van der Waals surface area contributed by atoms with Gasteiger partial charge in [0.05, 0.1) is 25.4 Å². The van der Waals surface area contributed by atoms with E-state index in [1.807, 2.05) is 6.08 Å². The topological polar surface area (TPSA) is 95.9 Å². The van der Waals surface area contributed by atoms with E-state index in [9.17, 15) is 19.8 Å². The SMILES string of the molecule is CCCCCCCCC/C=C\CCCCCCCC(=O)OCCCCCCCCC/C=C\CCCCCCCC(=O)NC(CO)C(O)/C=C/CCCCCCCCCCCCCCCCCC. The second kappa shape index (κ2) is 56.7. The van der Waals surface area contributed by atoms with Gasteiger partial charge in [-0.05, 0) is 83.5 Å². The van der Waals surface area contributed by atoms with Gasteiger partial charge in [-0.25, -0.2) is 0 Å². The molecular weight excluding hydrogens is 827 g/mol. The molecule has 0 bridgehead atoms. The summed E-state index contributed by atoms with van der Waals surface area (Å²) >= 11 is 0. The second-order valence-electron chi connectivity index (χ2n) is 20.3. The third-order valence-corrected chi connectivity index (χ3v) is 13.6. The summed E-state index contributed by atoms with van der Waals surface area (Å²) in [6, 6.07) is -0.641. The molecule has 1 amide bonds. The molecule has 0 aliphatic heterocycles. The predicted octanol–water partition coefficient (Wildman–Crippen LogP) is 18.4. The molecule has 3 N–H and O–H groups in total. The largest absolute Gasteiger partial charge is 0.466 e. The van der Waals surface area contributed by atoms with E-state index >= 15 is 0 Å². The Bertz CT molecular complexity index is 1090. The van der Waals surface area contributed by atoms with Gasteiger partial charge >= 0.3 is 5.97 Å². The van der Waals surface area contributed by atoms with E-state index in [-0.39, 0.29) is 18.5 Å². The fourth-order valence-corrected chi connectivity index (χ4v) is 9.03. The molecule has 0 aromatic carbocycles. The molecule has 0 saturated heterocycles. The average Bonchev–Trinajstić information content (AvgIpc) is 3.33. The van der Waals surface area contributed by atoms with Gasteiger partial charge < -0.3 is 20.3 Å². The fourth-order valence-electron chi connectivity index (χ4n) is 9.03. The lowest BCUT2D eigenvalue weighted by Crippen LogP contribution is -2.45. The van der Waals surface area contributed by atoms with E-state index in [4.69, 9.17) is 4.74 Å². The summed E-state index contributed by atoms with van der Waals surface area (Å²) < 4.78 is 5.47. The van der Waals surface area contributed by atoms with Crippen molar-refractivity contribution >= 4 is 11.9 Å². The molecule has 0 heterocycles. The Balaban J connectivity index is 3.50. The van der Waals surface area contributed by atoms with Crippen LogP contribution in [0.4, 0.5) is 0 Å². The zero-order valence-corrected chi connectivity index (χ0v) is 44.9. The van der Waals surface area contributed by atoms with E-state index in [1.165, 1.54) is 225 Å². The van der Waals surface area contributed by atoms with Gasteiger partial charge in [-0.2, -0.15) is 0 Å². The highest BCUT2D eigenvalue weighted by Gasteiger charge is 2.18. The number of ether oxygens (including phenoxy) is 1. The number of nitrogens with one attached hydrogen (secondary N) is 1. The lowest BCUT2D eigenvalue weighted by molar-refractivity contribution is -0.143. The highest BCUT2D eigenvalue weighted by atomic mass is 16.5. The van der Waals surface area contributed by atoms with Gasteiger partial charge in [-0.1, -0.05) is 256 Å². The molecule has 0 radical (unpaired) electrons. The van der Waals surface area contributed by atoms with Crippen molar-refractivity contribution in [3.05, 3.63) is 36.5 Å². The summed E-state index contributed by atoms with van der Waals surface area (Å²) in [5.74, 6) is -0.0950. The van der Waals surface area contributed by atoms with Crippen molar-refractivity contribution in [3.8, 4) is 0 Å². The number of hydrogen-bond acceptors (Lipinski definition) is 5. The average molecular weight is 943 g/mol. The number of unbranched alkanes of at least 4 members (excludes halogenated alkanes) is 40. The standard InChI is InChI=1S/C61H115NO5/c1-3-5-7-9-11-13-15-17-19-21-22-25-29-33-37-41-45-49-53-59(64)58(57-63)62-60(65)54-50-46-42-38-34-30-26-23-24-28-32-36-40-44-48-52-56-67-61(66)55-51-47-43-39-35-31-27-20-18-16-14-12-10-8-6-4-2/h20,23,26-27,49,53,58-59,63-64H,3-19,21-22,24-25,28-48,50-52,54-57H2,1-2H3,(H,62,65)/b26-23-,27-20-,53-49+. The monoisotopic (exact) mass is 942 g/mol. The number of esters is 1. The second-order valence-corrected chi connectivity index (χ2v) is 20.3. The molecule has 2 unspecified atom stereocenters. The zero-order valence-electron chi connectivity index (χ0n) is 44.9. The van der Waals surface area contributed by atoms with Crippen molar-refractivity contribution in [2.75, 3.05) is 13.2 Å². The molecule has 6 heteroatoms. The Morgan fingerprint density at radius 2 is 0.701 bits per heavy atom. The number of amides is 1. The minimum absolute atomic E-state index is 0.0112.